The maximum atomic E-state index is 11.9. The number of hydrogen-bond acceptors (Lipinski definition) is 3. The third-order valence-corrected chi connectivity index (χ3v) is 8.42. The summed E-state index contributed by atoms with van der Waals surface area (Å²) < 4.78 is 12.1. The number of fused-ring (bicyclic) bond motifs is 5. The SMILES string of the molecule is CCOCC(C)O[C@H]1CC[C@H]2[C@@H]3CCC4=CC(=O)C=C[C@]4(C)[C@H]3CC[C@]12C. The summed E-state index contributed by atoms with van der Waals surface area (Å²) in [5.41, 5.74) is 1.78. The van der Waals surface area contributed by atoms with Gasteiger partial charge < -0.3 is 9.47 Å². The van der Waals surface area contributed by atoms with Crippen LogP contribution in [-0.4, -0.2) is 31.2 Å². The molecule has 0 aromatic rings. The molecule has 0 N–H and O–H groups in total. The van der Waals surface area contributed by atoms with E-state index in [1.54, 1.807) is 0 Å². The Hall–Kier alpha value is -0.930. The molecule has 4 aliphatic rings. The van der Waals surface area contributed by atoms with Crippen LogP contribution >= 0.6 is 0 Å². The normalized spacial score (nSPS) is 44.3. The molecule has 0 amide bonds. The van der Waals surface area contributed by atoms with Crippen molar-refractivity contribution in [1.29, 1.82) is 0 Å². The zero-order chi connectivity index (χ0) is 19.2. The lowest BCUT2D eigenvalue weighted by molar-refractivity contribution is -0.122. The van der Waals surface area contributed by atoms with Gasteiger partial charge >= 0.3 is 0 Å². The Morgan fingerprint density at radius 2 is 2.00 bits per heavy atom. The fourth-order valence-electron chi connectivity index (χ4n) is 6.98. The topological polar surface area (TPSA) is 35.5 Å². The van der Waals surface area contributed by atoms with Crippen molar-refractivity contribution < 1.29 is 14.3 Å². The minimum Gasteiger partial charge on any atom is -0.379 e. The molecule has 0 aliphatic heterocycles. The minimum absolute atomic E-state index is 0.0966. The van der Waals surface area contributed by atoms with Gasteiger partial charge in [-0.15, -0.1) is 0 Å². The molecule has 0 aromatic heterocycles. The highest BCUT2D eigenvalue weighted by Gasteiger charge is 2.59. The molecule has 150 valence electrons. The van der Waals surface area contributed by atoms with Gasteiger partial charge in [-0.25, -0.2) is 0 Å². The van der Waals surface area contributed by atoms with Gasteiger partial charge in [-0.3, -0.25) is 4.79 Å². The molecule has 0 heterocycles. The van der Waals surface area contributed by atoms with E-state index in [9.17, 15) is 4.79 Å². The third kappa shape index (κ3) is 3.15. The van der Waals surface area contributed by atoms with Crippen molar-refractivity contribution in [2.24, 2.45) is 28.6 Å². The lowest BCUT2D eigenvalue weighted by atomic mass is 9.48. The number of carbonyl (C=O) groups is 1. The van der Waals surface area contributed by atoms with Crippen LogP contribution in [0.5, 0.6) is 0 Å². The van der Waals surface area contributed by atoms with Crippen molar-refractivity contribution in [1.82, 2.24) is 0 Å². The maximum absolute atomic E-state index is 11.9. The molecule has 4 aliphatic carbocycles. The Labute approximate surface area is 164 Å². The number of ketones is 1. The average molecular weight is 373 g/mol. The molecule has 1 unspecified atom stereocenters. The Bertz CT molecular complexity index is 650. The van der Waals surface area contributed by atoms with Gasteiger partial charge in [-0.05, 0) is 87.7 Å². The van der Waals surface area contributed by atoms with E-state index in [1.807, 2.05) is 19.1 Å². The van der Waals surface area contributed by atoms with Crippen molar-refractivity contribution >= 4 is 5.78 Å². The van der Waals surface area contributed by atoms with E-state index in [2.05, 4.69) is 26.8 Å². The molecule has 3 fully saturated rings. The number of rotatable bonds is 5. The molecule has 3 nitrogen and oxygen atoms in total. The smallest absolute Gasteiger partial charge is 0.178 e. The van der Waals surface area contributed by atoms with Crippen LogP contribution in [0.15, 0.2) is 23.8 Å². The monoisotopic (exact) mass is 372 g/mol. The Kier molecular flexibility index (Phi) is 5.13. The van der Waals surface area contributed by atoms with E-state index < -0.39 is 0 Å². The van der Waals surface area contributed by atoms with Crippen LogP contribution in [-0.2, 0) is 14.3 Å². The third-order valence-electron chi connectivity index (χ3n) is 8.42. The van der Waals surface area contributed by atoms with Crippen LogP contribution in [0.1, 0.15) is 66.2 Å². The van der Waals surface area contributed by atoms with Crippen molar-refractivity contribution in [3.63, 3.8) is 0 Å². The van der Waals surface area contributed by atoms with E-state index in [4.69, 9.17) is 9.47 Å². The van der Waals surface area contributed by atoms with E-state index in [0.717, 1.165) is 24.9 Å². The van der Waals surface area contributed by atoms with Crippen LogP contribution in [0, 0.1) is 28.6 Å². The molecular formula is C24H36O3. The van der Waals surface area contributed by atoms with Crippen molar-refractivity contribution in [2.75, 3.05) is 13.2 Å². The highest BCUT2D eigenvalue weighted by molar-refractivity contribution is 6.01. The number of allylic oxidation sites excluding steroid dienone is 4. The molecular weight excluding hydrogens is 336 g/mol. The summed E-state index contributed by atoms with van der Waals surface area (Å²) in [4.78, 5) is 11.9. The fourth-order valence-corrected chi connectivity index (χ4v) is 6.98. The van der Waals surface area contributed by atoms with Gasteiger partial charge in [0, 0.05) is 12.0 Å². The molecule has 4 rings (SSSR count). The Balaban J connectivity index is 1.51. The first-order chi connectivity index (χ1) is 12.9. The summed E-state index contributed by atoms with van der Waals surface area (Å²) in [6, 6.07) is 0. The highest BCUT2D eigenvalue weighted by Crippen LogP contribution is 2.64. The van der Waals surface area contributed by atoms with Gasteiger partial charge in [-0.1, -0.05) is 25.5 Å². The summed E-state index contributed by atoms with van der Waals surface area (Å²) in [5, 5.41) is 0. The minimum atomic E-state index is 0.0966. The molecule has 0 aromatic carbocycles. The first-order valence-corrected chi connectivity index (χ1v) is 11.1. The first-order valence-electron chi connectivity index (χ1n) is 11.1. The highest BCUT2D eigenvalue weighted by atomic mass is 16.5. The first kappa shape index (κ1) is 19.4. The van der Waals surface area contributed by atoms with E-state index in [0.29, 0.717) is 24.0 Å². The fraction of sp³-hybridized carbons (Fsp3) is 0.792. The quantitative estimate of drug-likeness (QED) is 0.673. The maximum Gasteiger partial charge on any atom is 0.178 e. The van der Waals surface area contributed by atoms with Crippen molar-refractivity contribution in [3.05, 3.63) is 23.8 Å². The summed E-state index contributed by atoms with van der Waals surface area (Å²) in [6.45, 7) is 10.5. The second kappa shape index (κ2) is 7.15. The Morgan fingerprint density at radius 3 is 2.78 bits per heavy atom. The summed E-state index contributed by atoms with van der Waals surface area (Å²) in [5.74, 6) is 2.38. The standard InChI is InChI=1S/C24H36O3/c1-5-26-15-16(2)27-22-9-8-20-19-7-6-17-14-18(25)10-12-23(17,3)21(19)11-13-24(20,22)4/h10,12,14,16,19-22H,5-9,11,13,15H2,1-4H3/t16?,19-,20-,21-,22-,23-,24-/m0/s1. The van der Waals surface area contributed by atoms with Gasteiger partial charge in [-0.2, -0.15) is 0 Å². The van der Waals surface area contributed by atoms with Crippen LogP contribution in [0.2, 0.25) is 0 Å². The second-order valence-electron chi connectivity index (χ2n) is 9.82. The largest absolute Gasteiger partial charge is 0.379 e. The molecule has 27 heavy (non-hydrogen) atoms. The molecule has 0 radical (unpaired) electrons. The molecule has 3 saturated carbocycles. The number of hydrogen-bond donors (Lipinski definition) is 0. The van der Waals surface area contributed by atoms with Crippen molar-refractivity contribution in [3.8, 4) is 0 Å². The van der Waals surface area contributed by atoms with Crippen LogP contribution < -0.4 is 0 Å². The average Bonchev–Trinajstić information content (AvgIpc) is 2.97. The lowest BCUT2D eigenvalue weighted by Crippen LogP contribution is -2.51. The predicted molar refractivity (Wildman–Crippen MR) is 107 cm³/mol. The van der Waals surface area contributed by atoms with Crippen LogP contribution in [0.25, 0.3) is 0 Å². The van der Waals surface area contributed by atoms with E-state index in [1.165, 1.54) is 37.7 Å². The van der Waals surface area contributed by atoms with Gasteiger partial charge in [0.15, 0.2) is 5.78 Å². The summed E-state index contributed by atoms with van der Waals surface area (Å²) >= 11 is 0. The lowest BCUT2D eigenvalue weighted by Gasteiger charge is -2.57. The van der Waals surface area contributed by atoms with Gasteiger partial charge in [0.2, 0.25) is 0 Å². The van der Waals surface area contributed by atoms with Gasteiger partial charge in [0.05, 0.1) is 18.8 Å². The Morgan fingerprint density at radius 1 is 1.19 bits per heavy atom. The van der Waals surface area contributed by atoms with Crippen LogP contribution in [0.3, 0.4) is 0 Å². The molecule has 0 saturated heterocycles. The zero-order valence-electron chi connectivity index (χ0n) is 17.5. The van der Waals surface area contributed by atoms with Crippen LogP contribution in [0.4, 0.5) is 0 Å². The van der Waals surface area contributed by atoms with Gasteiger partial charge in [0.25, 0.3) is 0 Å². The molecule has 7 atom stereocenters. The van der Waals surface area contributed by atoms with Crippen molar-refractivity contribution in [2.45, 2.75) is 78.4 Å². The van der Waals surface area contributed by atoms with E-state index in [-0.39, 0.29) is 17.3 Å². The number of carbonyl (C=O) groups excluding carboxylic acids is 1. The molecule has 3 heteroatoms. The summed E-state index contributed by atoms with van der Waals surface area (Å²) in [6.07, 6.45) is 13.8. The predicted octanol–water partition coefficient (Wildman–Crippen LogP) is 5.10. The van der Waals surface area contributed by atoms with Gasteiger partial charge in [0.1, 0.15) is 0 Å². The summed E-state index contributed by atoms with van der Waals surface area (Å²) in [7, 11) is 0. The number of ether oxygens (including phenoxy) is 2. The molecule has 0 bridgehead atoms. The van der Waals surface area contributed by atoms with E-state index >= 15 is 0 Å². The molecule has 0 spiro atoms. The zero-order valence-corrected chi connectivity index (χ0v) is 17.5. The second-order valence-corrected chi connectivity index (χ2v) is 9.82.